The normalized spacial score (nSPS) is 12.2. The summed E-state index contributed by atoms with van der Waals surface area (Å²) in [5.41, 5.74) is 1.18. The molecule has 0 heterocycles. The Kier molecular flexibility index (Phi) is 4.96. The maximum Gasteiger partial charge on any atom is 0.124 e. The minimum Gasteiger partial charge on any atom is -0.312 e. The van der Waals surface area contributed by atoms with Crippen LogP contribution >= 0.6 is 11.6 Å². The van der Waals surface area contributed by atoms with Crippen molar-refractivity contribution in [1.82, 2.24) is 5.32 Å². The zero-order valence-electron chi connectivity index (χ0n) is 11.0. The van der Waals surface area contributed by atoms with E-state index in [2.05, 4.69) is 33.0 Å². The molecule has 0 spiro atoms. The first-order valence-electron chi connectivity index (χ1n) is 5.97. The van der Waals surface area contributed by atoms with Crippen molar-refractivity contribution in [1.29, 1.82) is 0 Å². The zero-order valence-corrected chi connectivity index (χ0v) is 11.7. The van der Waals surface area contributed by atoms with Gasteiger partial charge in [-0.15, -0.1) is 0 Å². The van der Waals surface area contributed by atoms with Crippen LogP contribution in [0.5, 0.6) is 0 Å². The number of halogens is 2. The third kappa shape index (κ3) is 4.29. The summed E-state index contributed by atoms with van der Waals surface area (Å²) in [6, 6.07) is 4.52. The molecular formula is C14H21ClFN. The molecule has 0 fully saturated rings. The van der Waals surface area contributed by atoms with Crippen LogP contribution in [0.1, 0.15) is 33.3 Å². The predicted octanol–water partition coefficient (Wildman–Crippen LogP) is 4.25. The molecule has 0 aliphatic rings. The molecule has 0 bridgehead atoms. The van der Waals surface area contributed by atoms with E-state index >= 15 is 0 Å². The van der Waals surface area contributed by atoms with Crippen molar-refractivity contribution in [2.75, 3.05) is 6.54 Å². The number of nitrogens with one attached hydrogen (secondary N) is 1. The monoisotopic (exact) mass is 257 g/mol. The molecule has 0 saturated carbocycles. The van der Waals surface area contributed by atoms with Crippen molar-refractivity contribution in [3.8, 4) is 0 Å². The topological polar surface area (TPSA) is 12.0 Å². The van der Waals surface area contributed by atoms with Gasteiger partial charge in [0.2, 0.25) is 0 Å². The van der Waals surface area contributed by atoms with Gasteiger partial charge in [0.15, 0.2) is 0 Å². The lowest BCUT2D eigenvalue weighted by Crippen LogP contribution is -2.33. The molecule has 0 aromatic heterocycles. The summed E-state index contributed by atoms with van der Waals surface area (Å²) < 4.78 is 12.9. The smallest absolute Gasteiger partial charge is 0.124 e. The van der Waals surface area contributed by atoms with E-state index < -0.39 is 0 Å². The average molecular weight is 258 g/mol. The Balaban J connectivity index is 2.51. The molecule has 0 unspecified atom stereocenters. The Morgan fingerprint density at radius 3 is 2.53 bits per heavy atom. The van der Waals surface area contributed by atoms with Crippen LogP contribution < -0.4 is 5.32 Å². The standard InChI is InChI=1S/C14H21ClFN/c1-10(2)14(3,4)9-17-8-11-5-6-12(16)7-13(11)15/h5-7,10,17H,8-9H2,1-4H3. The van der Waals surface area contributed by atoms with E-state index in [0.717, 1.165) is 12.1 Å². The molecule has 0 aliphatic heterocycles. The second-order valence-electron chi connectivity index (χ2n) is 5.48. The van der Waals surface area contributed by atoms with Crippen LogP contribution in [0.15, 0.2) is 18.2 Å². The van der Waals surface area contributed by atoms with E-state index in [1.165, 1.54) is 12.1 Å². The molecule has 1 rings (SSSR count). The van der Waals surface area contributed by atoms with Crippen molar-refractivity contribution in [3.05, 3.63) is 34.6 Å². The molecule has 96 valence electrons. The molecular weight excluding hydrogens is 237 g/mol. The highest BCUT2D eigenvalue weighted by Gasteiger charge is 2.21. The summed E-state index contributed by atoms with van der Waals surface area (Å²) in [6.07, 6.45) is 0. The first-order valence-corrected chi connectivity index (χ1v) is 6.35. The minimum absolute atomic E-state index is 0.243. The van der Waals surface area contributed by atoms with Crippen LogP contribution in [0.3, 0.4) is 0 Å². The summed E-state index contributed by atoms with van der Waals surface area (Å²) in [5.74, 6) is 0.319. The highest BCUT2D eigenvalue weighted by molar-refractivity contribution is 6.31. The van der Waals surface area contributed by atoms with Crippen LogP contribution in [0.2, 0.25) is 5.02 Å². The Labute approximate surface area is 108 Å². The molecule has 0 aliphatic carbocycles. The molecule has 1 aromatic rings. The zero-order chi connectivity index (χ0) is 13.1. The summed E-state index contributed by atoms with van der Waals surface area (Å²) in [7, 11) is 0. The molecule has 0 atom stereocenters. The van der Waals surface area contributed by atoms with Gasteiger partial charge in [-0.25, -0.2) is 4.39 Å². The fourth-order valence-electron chi connectivity index (χ4n) is 1.39. The molecule has 3 heteroatoms. The Hall–Kier alpha value is -0.600. The predicted molar refractivity (Wildman–Crippen MR) is 71.7 cm³/mol. The highest BCUT2D eigenvalue weighted by Crippen LogP contribution is 2.25. The largest absolute Gasteiger partial charge is 0.312 e. The summed E-state index contributed by atoms with van der Waals surface area (Å²) in [4.78, 5) is 0. The molecule has 17 heavy (non-hydrogen) atoms. The van der Waals surface area contributed by atoms with E-state index in [1.807, 2.05) is 0 Å². The van der Waals surface area contributed by atoms with Gasteiger partial charge >= 0.3 is 0 Å². The third-order valence-electron chi connectivity index (χ3n) is 3.47. The number of hydrogen-bond acceptors (Lipinski definition) is 1. The van der Waals surface area contributed by atoms with Crippen molar-refractivity contribution >= 4 is 11.6 Å². The first kappa shape index (κ1) is 14.5. The van der Waals surface area contributed by atoms with Gasteiger partial charge in [-0.05, 0) is 29.0 Å². The molecule has 0 saturated heterocycles. The molecule has 1 N–H and O–H groups in total. The van der Waals surface area contributed by atoms with Gasteiger partial charge < -0.3 is 5.32 Å². The summed E-state index contributed by atoms with van der Waals surface area (Å²) in [5, 5.41) is 3.86. The van der Waals surface area contributed by atoms with Gasteiger partial charge in [0, 0.05) is 18.1 Å². The maximum atomic E-state index is 12.9. The average Bonchev–Trinajstić information content (AvgIpc) is 2.21. The summed E-state index contributed by atoms with van der Waals surface area (Å²) in [6.45, 7) is 10.5. The lowest BCUT2D eigenvalue weighted by Gasteiger charge is -2.29. The van der Waals surface area contributed by atoms with E-state index in [4.69, 9.17) is 11.6 Å². The van der Waals surface area contributed by atoms with Crippen LogP contribution in [0.4, 0.5) is 4.39 Å². The van der Waals surface area contributed by atoms with Crippen molar-refractivity contribution in [2.24, 2.45) is 11.3 Å². The number of benzene rings is 1. The van der Waals surface area contributed by atoms with Crippen LogP contribution in [0, 0.1) is 17.2 Å². The quantitative estimate of drug-likeness (QED) is 0.832. The van der Waals surface area contributed by atoms with Gasteiger partial charge in [-0.3, -0.25) is 0 Å². The van der Waals surface area contributed by atoms with Gasteiger partial charge in [0.1, 0.15) is 5.82 Å². The van der Waals surface area contributed by atoms with Crippen molar-refractivity contribution < 1.29 is 4.39 Å². The van der Waals surface area contributed by atoms with E-state index in [-0.39, 0.29) is 11.2 Å². The maximum absolute atomic E-state index is 12.9. The lowest BCUT2D eigenvalue weighted by molar-refractivity contribution is 0.238. The number of rotatable bonds is 5. The van der Waals surface area contributed by atoms with Crippen LogP contribution in [-0.4, -0.2) is 6.54 Å². The Morgan fingerprint density at radius 1 is 1.35 bits per heavy atom. The Morgan fingerprint density at radius 2 is 2.00 bits per heavy atom. The minimum atomic E-state index is -0.290. The van der Waals surface area contributed by atoms with Gasteiger partial charge in [0.25, 0.3) is 0 Å². The van der Waals surface area contributed by atoms with E-state index in [1.54, 1.807) is 6.07 Å². The molecule has 1 aromatic carbocycles. The highest BCUT2D eigenvalue weighted by atomic mass is 35.5. The van der Waals surface area contributed by atoms with Crippen molar-refractivity contribution in [2.45, 2.75) is 34.2 Å². The molecule has 1 nitrogen and oxygen atoms in total. The second kappa shape index (κ2) is 5.83. The van der Waals surface area contributed by atoms with Gasteiger partial charge in [-0.2, -0.15) is 0 Å². The van der Waals surface area contributed by atoms with Crippen LogP contribution in [-0.2, 0) is 6.54 Å². The van der Waals surface area contributed by atoms with Crippen LogP contribution in [0.25, 0.3) is 0 Å². The SMILES string of the molecule is CC(C)C(C)(C)CNCc1ccc(F)cc1Cl. The molecule has 0 amide bonds. The fourth-order valence-corrected chi connectivity index (χ4v) is 1.62. The Bertz CT molecular complexity index is 374. The van der Waals surface area contributed by atoms with Gasteiger partial charge in [-0.1, -0.05) is 45.4 Å². The van der Waals surface area contributed by atoms with Crippen molar-refractivity contribution in [3.63, 3.8) is 0 Å². The van der Waals surface area contributed by atoms with E-state index in [0.29, 0.717) is 17.5 Å². The van der Waals surface area contributed by atoms with Gasteiger partial charge in [0.05, 0.1) is 0 Å². The van der Waals surface area contributed by atoms with E-state index in [9.17, 15) is 4.39 Å². The third-order valence-corrected chi connectivity index (χ3v) is 3.83. The number of hydrogen-bond donors (Lipinski definition) is 1. The summed E-state index contributed by atoms with van der Waals surface area (Å²) >= 11 is 5.96. The first-order chi connectivity index (χ1) is 7.83. The fraction of sp³-hybridized carbons (Fsp3) is 0.571. The lowest BCUT2D eigenvalue weighted by atomic mass is 9.81. The molecule has 0 radical (unpaired) electrons. The second-order valence-corrected chi connectivity index (χ2v) is 5.89.